The Morgan fingerprint density at radius 3 is 2.20 bits per heavy atom. The van der Waals surface area contributed by atoms with Gasteiger partial charge in [-0.05, 0) is 55.0 Å². The predicted octanol–water partition coefficient (Wildman–Crippen LogP) is 4.34. The van der Waals surface area contributed by atoms with Crippen LogP contribution in [-0.4, -0.2) is 45.4 Å². The molecule has 0 saturated heterocycles. The Morgan fingerprint density at radius 1 is 1.00 bits per heavy atom. The topological polar surface area (TPSA) is 74.2 Å². The van der Waals surface area contributed by atoms with Gasteiger partial charge in [-0.15, -0.1) is 0 Å². The fourth-order valence-corrected chi connectivity index (χ4v) is 4.23. The largest absolute Gasteiger partial charge is 0.505 e. The lowest BCUT2D eigenvalue weighted by Crippen LogP contribution is -2.32. The molecule has 162 valence electrons. The van der Waals surface area contributed by atoms with Gasteiger partial charge in [0.15, 0.2) is 28.8 Å². The van der Waals surface area contributed by atoms with E-state index in [0.717, 1.165) is 6.42 Å². The van der Waals surface area contributed by atoms with Crippen LogP contribution in [0, 0.1) is 11.7 Å². The summed E-state index contributed by atoms with van der Waals surface area (Å²) in [5.74, 6) is -0.539. The summed E-state index contributed by atoms with van der Waals surface area (Å²) in [6.07, 6.45) is 1.94. The van der Waals surface area contributed by atoms with E-state index in [2.05, 4.69) is 0 Å². The first-order valence-electron chi connectivity index (χ1n) is 9.78. The van der Waals surface area contributed by atoms with E-state index in [9.17, 15) is 14.3 Å². The molecule has 0 spiro atoms. The maximum atomic E-state index is 13.6. The molecule has 0 aliphatic heterocycles. The molecule has 0 aromatic heterocycles. The number of ether oxygens (including phenoxy) is 4. The molecule has 1 N–H and O–H groups in total. The maximum absolute atomic E-state index is 13.6. The van der Waals surface area contributed by atoms with Gasteiger partial charge < -0.3 is 24.1 Å². The molecule has 0 amide bonds. The van der Waals surface area contributed by atoms with Crippen molar-refractivity contribution in [1.82, 2.24) is 0 Å². The summed E-state index contributed by atoms with van der Waals surface area (Å²) in [4.78, 5) is 13.5. The van der Waals surface area contributed by atoms with E-state index >= 15 is 0 Å². The first-order chi connectivity index (χ1) is 14.4. The molecular weight excluding hydrogens is 391 g/mol. The zero-order valence-corrected chi connectivity index (χ0v) is 17.6. The van der Waals surface area contributed by atoms with Crippen molar-refractivity contribution in [2.75, 3.05) is 28.4 Å². The van der Waals surface area contributed by atoms with Gasteiger partial charge >= 0.3 is 0 Å². The van der Waals surface area contributed by atoms with Crippen LogP contribution >= 0.6 is 0 Å². The summed E-state index contributed by atoms with van der Waals surface area (Å²) in [5, 5.41) is 9.85. The van der Waals surface area contributed by atoms with Gasteiger partial charge in [0.05, 0.1) is 27.4 Å². The van der Waals surface area contributed by atoms with Crippen molar-refractivity contribution in [2.24, 2.45) is 5.92 Å². The van der Waals surface area contributed by atoms with Gasteiger partial charge in [0, 0.05) is 18.6 Å². The van der Waals surface area contributed by atoms with Crippen LogP contribution in [0.25, 0.3) is 0 Å². The summed E-state index contributed by atoms with van der Waals surface area (Å²) in [6.45, 7) is 0. The van der Waals surface area contributed by atoms with Crippen LogP contribution in [0.15, 0.2) is 30.3 Å². The van der Waals surface area contributed by atoms with Crippen LogP contribution in [0.4, 0.5) is 4.39 Å². The zero-order chi connectivity index (χ0) is 21.8. The number of benzene rings is 2. The number of halogens is 1. The second-order valence-corrected chi connectivity index (χ2v) is 7.37. The van der Waals surface area contributed by atoms with Crippen LogP contribution in [0.3, 0.4) is 0 Å². The molecule has 0 radical (unpaired) electrons. The van der Waals surface area contributed by atoms with E-state index in [0.29, 0.717) is 41.2 Å². The van der Waals surface area contributed by atoms with E-state index in [-0.39, 0.29) is 23.7 Å². The average Bonchev–Trinajstić information content (AvgIpc) is 2.78. The van der Waals surface area contributed by atoms with Crippen LogP contribution in [0.5, 0.6) is 23.0 Å². The number of rotatable bonds is 7. The second-order valence-electron chi connectivity index (χ2n) is 7.37. The molecule has 2 aromatic rings. The number of methoxy groups -OCH3 is 4. The molecule has 0 heterocycles. The predicted molar refractivity (Wildman–Crippen MR) is 109 cm³/mol. The van der Waals surface area contributed by atoms with Gasteiger partial charge in [0.2, 0.25) is 5.75 Å². The quantitative estimate of drug-likeness (QED) is 0.675. The third-order valence-corrected chi connectivity index (χ3v) is 5.82. The highest BCUT2D eigenvalue weighted by Gasteiger charge is 2.37. The molecule has 30 heavy (non-hydrogen) atoms. The fraction of sp³-hybridized carbons (Fsp3) is 0.435. The van der Waals surface area contributed by atoms with Gasteiger partial charge in [-0.1, -0.05) is 6.07 Å². The summed E-state index contributed by atoms with van der Waals surface area (Å²) < 4.78 is 35.2. The van der Waals surface area contributed by atoms with Gasteiger partial charge in [-0.2, -0.15) is 0 Å². The van der Waals surface area contributed by atoms with Crippen LogP contribution in [0.1, 0.15) is 41.1 Å². The average molecular weight is 418 g/mol. The standard InChI is InChI=1S/C23H27FO6/c1-27-15-6-7-16(17(12-15)13-5-8-18(24)19(25)9-13)22(26)14-10-20(28-2)23(30-4)21(11-14)29-3/h5,8-11,15-17,25H,6-7,12H2,1-4H3. The lowest BCUT2D eigenvalue weighted by atomic mass is 9.71. The number of carbonyl (C=O) groups excluding carboxylic acids is 1. The first kappa shape index (κ1) is 21.9. The third kappa shape index (κ3) is 4.21. The highest BCUT2D eigenvalue weighted by molar-refractivity contribution is 5.99. The van der Waals surface area contributed by atoms with Gasteiger partial charge in [0.25, 0.3) is 0 Å². The molecule has 2 aromatic carbocycles. The minimum atomic E-state index is -0.689. The molecule has 1 aliphatic carbocycles. The smallest absolute Gasteiger partial charge is 0.203 e. The van der Waals surface area contributed by atoms with Crippen LogP contribution < -0.4 is 14.2 Å². The van der Waals surface area contributed by atoms with E-state index in [1.54, 1.807) is 25.3 Å². The Bertz CT molecular complexity index is 888. The van der Waals surface area contributed by atoms with Crippen molar-refractivity contribution in [3.63, 3.8) is 0 Å². The first-order valence-corrected chi connectivity index (χ1v) is 9.78. The van der Waals surface area contributed by atoms with E-state index in [1.165, 1.54) is 33.5 Å². The SMILES string of the molecule is COc1cc(C(=O)C2CCC(OC)CC2c2ccc(F)c(O)c2)cc(OC)c1OC. The molecule has 0 bridgehead atoms. The molecule has 1 aliphatic rings. The number of hydrogen-bond acceptors (Lipinski definition) is 6. The summed E-state index contributed by atoms with van der Waals surface area (Å²) >= 11 is 0. The normalized spacial score (nSPS) is 21.2. The summed E-state index contributed by atoms with van der Waals surface area (Å²) in [5.41, 5.74) is 1.16. The fourth-order valence-electron chi connectivity index (χ4n) is 4.23. The van der Waals surface area contributed by atoms with Crippen LogP contribution in [0.2, 0.25) is 0 Å². The van der Waals surface area contributed by atoms with Gasteiger partial charge in [-0.3, -0.25) is 4.79 Å². The Balaban J connectivity index is 2.00. The summed E-state index contributed by atoms with van der Waals surface area (Å²) in [7, 11) is 6.15. The molecule has 6 nitrogen and oxygen atoms in total. The van der Waals surface area contributed by atoms with Gasteiger partial charge in [0.1, 0.15) is 0 Å². The minimum Gasteiger partial charge on any atom is -0.505 e. The monoisotopic (exact) mass is 418 g/mol. The number of phenolic OH excluding ortho intramolecular Hbond substituents is 1. The number of hydrogen-bond donors (Lipinski definition) is 1. The molecular formula is C23H27FO6. The van der Waals surface area contributed by atoms with Crippen molar-refractivity contribution >= 4 is 5.78 Å². The molecule has 3 unspecified atom stereocenters. The Labute approximate surface area is 175 Å². The van der Waals surface area contributed by atoms with E-state index < -0.39 is 11.6 Å². The maximum Gasteiger partial charge on any atom is 0.203 e. The van der Waals surface area contributed by atoms with Crippen molar-refractivity contribution in [3.05, 3.63) is 47.3 Å². The molecule has 7 heteroatoms. The number of Topliss-reactive ketones (excluding diaryl/α,β-unsaturated/α-hetero) is 1. The lowest BCUT2D eigenvalue weighted by Gasteiger charge is -2.35. The molecule has 1 saturated carbocycles. The second kappa shape index (κ2) is 9.34. The zero-order valence-electron chi connectivity index (χ0n) is 17.6. The van der Waals surface area contributed by atoms with Crippen molar-refractivity contribution in [1.29, 1.82) is 0 Å². The number of carbonyl (C=O) groups is 1. The Hall–Kier alpha value is -2.80. The van der Waals surface area contributed by atoms with Crippen molar-refractivity contribution < 1.29 is 33.2 Å². The highest BCUT2D eigenvalue weighted by Crippen LogP contribution is 2.44. The number of aromatic hydroxyl groups is 1. The molecule has 1 fully saturated rings. The van der Waals surface area contributed by atoms with Gasteiger partial charge in [-0.25, -0.2) is 4.39 Å². The third-order valence-electron chi connectivity index (χ3n) is 5.82. The van der Waals surface area contributed by atoms with Crippen molar-refractivity contribution in [3.8, 4) is 23.0 Å². The van der Waals surface area contributed by atoms with Crippen LogP contribution in [-0.2, 0) is 4.74 Å². The lowest BCUT2D eigenvalue weighted by molar-refractivity contribution is 0.0430. The molecule has 3 atom stereocenters. The Morgan fingerprint density at radius 2 is 1.67 bits per heavy atom. The van der Waals surface area contributed by atoms with Crippen molar-refractivity contribution in [2.45, 2.75) is 31.3 Å². The van der Waals surface area contributed by atoms with E-state index in [4.69, 9.17) is 18.9 Å². The molecule has 3 rings (SSSR count). The van der Waals surface area contributed by atoms with E-state index in [1.807, 2.05) is 0 Å². The number of ketones is 1. The summed E-state index contributed by atoms with van der Waals surface area (Å²) in [6, 6.07) is 7.53. The highest BCUT2D eigenvalue weighted by atomic mass is 19.1. The number of phenols is 1. The minimum absolute atomic E-state index is 0.00816. The Kier molecular flexibility index (Phi) is 6.82.